The number of carbonyl (C=O) groups excluding carboxylic acids is 1. The molecule has 0 heterocycles. The van der Waals surface area contributed by atoms with Gasteiger partial charge in [-0.1, -0.05) is 39.5 Å². The van der Waals surface area contributed by atoms with E-state index in [-0.39, 0.29) is 5.41 Å². The molecule has 0 spiro atoms. The maximum absolute atomic E-state index is 11.4. The quantitative estimate of drug-likeness (QED) is 0.671. The first-order chi connectivity index (χ1) is 8.66. The van der Waals surface area contributed by atoms with E-state index in [9.17, 15) is 9.90 Å². The second kappa shape index (κ2) is 5.47. The highest BCUT2D eigenvalue weighted by Crippen LogP contribution is 2.34. The third-order valence-electron chi connectivity index (χ3n) is 3.06. The Labute approximate surface area is 114 Å². The lowest BCUT2D eigenvalue weighted by Crippen LogP contribution is -2.13. The summed E-state index contributed by atoms with van der Waals surface area (Å²) in [6.45, 7) is 11.7. The van der Waals surface area contributed by atoms with E-state index in [4.69, 9.17) is 0 Å². The molecule has 1 rings (SSSR count). The highest BCUT2D eigenvalue weighted by Gasteiger charge is 2.20. The Morgan fingerprint density at radius 2 is 1.95 bits per heavy atom. The fraction of sp³-hybridized carbons (Fsp3) is 0.438. The van der Waals surface area contributed by atoms with Crippen molar-refractivity contribution in [1.82, 2.24) is 0 Å². The number of benzene rings is 1. The van der Waals surface area contributed by atoms with Crippen LogP contribution in [0.5, 0.6) is 5.75 Å². The van der Waals surface area contributed by atoms with E-state index in [2.05, 4.69) is 11.3 Å². The summed E-state index contributed by atoms with van der Waals surface area (Å²) in [5, 5.41) is 10.1. The minimum atomic E-state index is -0.400. The first-order valence-corrected chi connectivity index (χ1v) is 6.26. The number of aryl methyl sites for hydroxylation is 1. The summed E-state index contributed by atoms with van der Waals surface area (Å²) >= 11 is 0. The van der Waals surface area contributed by atoms with Crippen molar-refractivity contribution < 1.29 is 14.6 Å². The van der Waals surface area contributed by atoms with Gasteiger partial charge < -0.3 is 9.84 Å². The van der Waals surface area contributed by atoms with Crippen molar-refractivity contribution in [2.45, 2.75) is 39.5 Å². The standard InChI is InChI=1S/C16H22O3/c1-10-7-12(8-11(2)15(18)19-6)9-13(14(10)17)16(3,4)5/h7,9,17H,2,8H2,1,3-6H3. The molecule has 0 aliphatic heterocycles. The molecule has 0 saturated heterocycles. The molecule has 0 aliphatic carbocycles. The first kappa shape index (κ1) is 15.3. The van der Waals surface area contributed by atoms with Crippen LogP contribution in [0.3, 0.4) is 0 Å². The molecule has 3 nitrogen and oxygen atoms in total. The van der Waals surface area contributed by atoms with Gasteiger partial charge in [-0.05, 0) is 29.0 Å². The van der Waals surface area contributed by atoms with Gasteiger partial charge in [0.05, 0.1) is 7.11 Å². The summed E-state index contributed by atoms with van der Waals surface area (Å²) in [6.07, 6.45) is 0.427. The summed E-state index contributed by atoms with van der Waals surface area (Å²) in [6, 6.07) is 3.80. The van der Waals surface area contributed by atoms with E-state index in [1.807, 2.05) is 39.8 Å². The maximum Gasteiger partial charge on any atom is 0.333 e. The predicted octanol–water partition coefficient (Wildman–Crippen LogP) is 3.27. The SMILES string of the molecule is C=C(Cc1cc(C)c(O)c(C(C)(C)C)c1)C(=O)OC. The zero-order valence-electron chi connectivity index (χ0n) is 12.3. The van der Waals surface area contributed by atoms with Gasteiger partial charge in [-0.2, -0.15) is 0 Å². The molecule has 0 radical (unpaired) electrons. The van der Waals surface area contributed by atoms with Gasteiger partial charge in [-0.3, -0.25) is 0 Å². The molecular weight excluding hydrogens is 240 g/mol. The Morgan fingerprint density at radius 1 is 1.37 bits per heavy atom. The Morgan fingerprint density at radius 3 is 2.42 bits per heavy atom. The number of ether oxygens (including phenoxy) is 1. The summed E-state index contributed by atoms with van der Waals surface area (Å²) in [4.78, 5) is 11.4. The van der Waals surface area contributed by atoms with Crippen molar-refractivity contribution in [2.75, 3.05) is 7.11 Å². The van der Waals surface area contributed by atoms with Crippen molar-refractivity contribution in [2.24, 2.45) is 0 Å². The number of esters is 1. The van der Waals surface area contributed by atoms with Crippen molar-refractivity contribution in [3.8, 4) is 5.75 Å². The summed E-state index contributed by atoms with van der Waals surface area (Å²) in [7, 11) is 1.34. The van der Waals surface area contributed by atoms with Crippen LogP contribution in [0.15, 0.2) is 24.3 Å². The first-order valence-electron chi connectivity index (χ1n) is 6.26. The molecule has 0 saturated carbocycles. The third-order valence-corrected chi connectivity index (χ3v) is 3.06. The zero-order chi connectivity index (χ0) is 14.8. The molecule has 1 N–H and O–H groups in total. The highest BCUT2D eigenvalue weighted by molar-refractivity contribution is 5.88. The van der Waals surface area contributed by atoms with Crippen LogP contribution in [-0.4, -0.2) is 18.2 Å². The second-order valence-corrected chi connectivity index (χ2v) is 5.83. The van der Waals surface area contributed by atoms with Crippen LogP contribution >= 0.6 is 0 Å². The molecular formula is C16H22O3. The molecule has 104 valence electrons. The molecule has 0 amide bonds. The largest absolute Gasteiger partial charge is 0.507 e. The van der Waals surface area contributed by atoms with Crippen LogP contribution in [0.1, 0.15) is 37.5 Å². The minimum absolute atomic E-state index is 0.155. The molecule has 0 aliphatic rings. The number of phenols is 1. The number of phenolic OH excluding ortho intramolecular Hbond substituents is 1. The van der Waals surface area contributed by atoms with Crippen LogP contribution in [0.25, 0.3) is 0 Å². The fourth-order valence-corrected chi connectivity index (χ4v) is 1.99. The van der Waals surface area contributed by atoms with Gasteiger partial charge in [0.1, 0.15) is 5.75 Å². The highest BCUT2D eigenvalue weighted by atomic mass is 16.5. The van der Waals surface area contributed by atoms with E-state index < -0.39 is 5.97 Å². The van der Waals surface area contributed by atoms with E-state index in [0.717, 1.165) is 16.7 Å². The van der Waals surface area contributed by atoms with Gasteiger partial charge in [0, 0.05) is 12.0 Å². The molecule has 0 atom stereocenters. The van der Waals surface area contributed by atoms with Gasteiger partial charge >= 0.3 is 5.97 Å². The number of carbonyl (C=O) groups is 1. The Bertz CT molecular complexity index is 507. The third kappa shape index (κ3) is 3.60. The van der Waals surface area contributed by atoms with Crippen LogP contribution in [0.4, 0.5) is 0 Å². The summed E-state index contributed by atoms with van der Waals surface area (Å²) < 4.78 is 4.65. The molecule has 0 aromatic heterocycles. The fourth-order valence-electron chi connectivity index (χ4n) is 1.99. The number of hydrogen-bond donors (Lipinski definition) is 1. The second-order valence-electron chi connectivity index (χ2n) is 5.83. The predicted molar refractivity (Wildman–Crippen MR) is 76.4 cm³/mol. The van der Waals surface area contributed by atoms with E-state index in [0.29, 0.717) is 17.7 Å². The van der Waals surface area contributed by atoms with Gasteiger partial charge in [-0.15, -0.1) is 0 Å². The monoisotopic (exact) mass is 262 g/mol. The van der Waals surface area contributed by atoms with Gasteiger partial charge in [0.15, 0.2) is 0 Å². The Hall–Kier alpha value is -1.77. The summed E-state index contributed by atoms with van der Waals surface area (Å²) in [5.41, 5.74) is 2.89. The van der Waals surface area contributed by atoms with Crippen molar-refractivity contribution in [3.63, 3.8) is 0 Å². The summed E-state index contributed by atoms with van der Waals surface area (Å²) in [5.74, 6) is -0.0806. The van der Waals surface area contributed by atoms with E-state index in [1.54, 1.807) is 0 Å². The smallest absolute Gasteiger partial charge is 0.333 e. The van der Waals surface area contributed by atoms with Crippen molar-refractivity contribution >= 4 is 5.97 Å². The molecule has 1 aromatic carbocycles. The zero-order valence-corrected chi connectivity index (χ0v) is 12.3. The average Bonchev–Trinajstić information content (AvgIpc) is 2.30. The lowest BCUT2D eigenvalue weighted by molar-refractivity contribution is -0.136. The molecule has 1 aromatic rings. The normalized spacial score (nSPS) is 11.2. The van der Waals surface area contributed by atoms with Crippen molar-refractivity contribution in [1.29, 1.82) is 0 Å². The molecule has 3 heteroatoms. The maximum atomic E-state index is 11.4. The Kier molecular flexibility index (Phi) is 4.40. The van der Waals surface area contributed by atoms with Gasteiger partial charge in [0.25, 0.3) is 0 Å². The number of rotatable bonds is 3. The molecule has 0 bridgehead atoms. The van der Waals surface area contributed by atoms with E-state index in [1.165, 1.54) is 7.11 Å². The number of aromatic hydroxyl groups is 1. The topological polar surface area (TPSA) is 46.5 Å². The minimum Gasteiger partial charge on any atom is -0.507 e. The number of methoxy groups -OCH3 is 1. The average molecular weight is 262 g/mol. The van der Waals surface area contributed by atoms with Crippen LogP contribution < -0.4 is 0 Å². The van der Waals surface area contributed by atoms with Crippen LogP contribution in [0.2, 0.25) is 0 Å². The van der Waals surface area contributed by atoms with Crippen LogP contribution in [-0.2, 0) is 21.4 Å². The number of hydrogen-bond acceptors (Lipinski definition) is 3. The van der Waals surface area contributed by atoms with Crippen LogP contribution in [0, 0.1) is 6.92 Å². The van der Waals surface area contributed by atoms with Gasteiger partial charge in [0.2, 0.25) is 0 Å². The van der Waals surface area contributed by atoms with Crippen molar-refractivity contribution in [3.05, 3.63) is 41.0 Å². The lowest BCUT2D eigenvalue weighted by Gasteiger charge is -2.22. The molecule has 0 fully saturated rings. The molecule has 19 heavy (non-hydrogen) atoms. The lowest BCUT2D eigenvalue weighted by atomic mass is 9.83. The van der Waals surface area contributed by atoms with E-state index >= 15 is 0 Å². The molecule has 0 unspecified atom stereocenters. The Balaban J connectivity index is 3.15. The van der Waals surface area contributed by atoms with Gasteiger partial charge in [-0.25, -0.2) is 4.79 Å².